The normalized spacial score (nSPS) is 11.2. The predicted octanol–water partition coefficient (Wildman–Crippen LogP) is 8.08. The largest absolute Gasteiger partial charge is 0.492 e. The summed E-state index contributed by atoms with van der Waals surface area (Å²) in [7, 11) is 0. The average Bonchev–Trinajstić information content (AvgIpc) is 2.81. The zero-order valence-electron chi connectivity index (χ0n) is 18.9. The summed E-state index contributed by atoms with van der Waals surface area (Å²) in [5.74, 6) is 1.39. The van der Waals surface area contributed by atoms with E-state index in [0.717, 1.165) is 46.8 Å². The molecule has 0 aliphatic rings. The fraction of sp³-hybridized carbons (Fsp3) is 0.259. The number of para-hydroxylation sites is 1. The van der Waals surface area contributed by atoms with Gasteiger partial charge in [0.15, 0.2) is 0 Å². The lowest BCUT2D eigenvalue weighted by Gasteiger charge is -2.14. The molecule has 0 atom stereocenters. The Morgan fingerprint density at radius 1 is 0.971 bits per heavy atom. The minimum atomic E-state index is -0.000271. The summed E-state index contributed by atoms with van der Waals surface area (Å²) < 4.78 is 8.68. The van der Waals surface area contributed by atoms with Crippen molar-refractivity contribution >= 4 is 50.0 Å². The van der Waals surface area contributed by atoms with E-state index < -0.39 is 0 Å². The van der Waals surface area contributed by atoms with E-state index in [1.54, 1.807) is 10.6 Å². The van der Waals surface area contributed by atoms with Gasteiger partial charge in [-0.3, -0.25) is 9.36 Å². The molecule has 0 bridgehead atoms. The third-order valence-electron chi connectivity index (χ3n) is 5.68. The third kappa shape index (κ3) is 5.83. The van der Waals surface area contributed by atoms with E-state index in [-0.39, 0.29) is 5.56 Å². The highest BCUT2D eigenvalue weighted by Crippen LogP contribution is 2.32. The zero-order chi connectivity index (χ0) is 24.1. The summed E-state index contributed by atoms with van der Waals surface area (Å²) >= 11 is 15.7. The first-order valence-electron chi connectivity index (χ1n) is 11.3. The van der Waals surface area contributed by atoms with E-state index in [2.05, 4.69) is 15.9 Å². The molecule has 0 aliphatic carbocycles. The predicted molar refractivity (Wildman–Crippen MR) is 144 cm³/mol. The molecule has 1 heterocycles. The average molecular weight is 560 g/mol. The summed E-state index contributed by atoms with van der Waals surface area (Å²) in [5, 5.41) is 1.79. The van der Waals surface area contributed by atoms with Crippen LogP contribution in [0.4, 0.5) is 0 Å². The van der Waals surface area contributed by atoms with E-state index in [1.165, 1.54) is 0 Å². The molecule has 0 unspecified atom stereocenters. The van der Waals surface area contributed by atoms with Gasteiger partial charge in [-0.05, 0) is 61.7 Å². The highest BCUT2D eigenvalue weighted by molar-refractivity contribution is 9.10. The van der Waals surface area contributed by atoms with Gasteiger partial charge in [0.2, 0.25) is 0 Å². The molecule has 176 valence electrons. The van der Waals surface area contributed by atoms with Crippen molar-refractivity contribution in [1.29, 1.82) is 0 Å². The Morgan fingerprint density at radius 3 is 2.47 bits per heavy atom. The fourth-order valence-electron chi connectivity index (χ4n) is 3.97. The van der Waals surface area contributed by atoms with Crippen LogP contribution in [0.25, 0.3) is 22.3 Å². The van der Waals surface area contributed by atoms with Crippen molar-refractivity contribution in [1.82, 2.24) is 9.55 Å². The van der Waals surface area contributed by atoms with Crippen LogP contribution in [0, 0.1) is 6.92 Å². The quantitative estimate of drug-likeness (QED) is 0.195. The standard InChI is InChI=1S/C27H25BrCl2N2O2/c1-18-16-21(29)17-23(30)25(18)34-15-7-3-2-6-14-32-26(19-10-12-20(28)13-11-19)31-24-9-5-4-8-22(24)27(32)33/h4-5,8-13,16-17H,2-3,6-7,14-15H2,1H3. The molecule has 4 rings (SSSR count). The smallest absolute Gasteiger partial charge is 0.261 e. The van der Waals surface area contributed by atoms with Crippen molar-refractivity contribution in [2.45, 2.75) is 39.2 Å². The molecule has 0 aliphatic heterocycles. The van der Waals surface area contributed by atoms with E-state index >= 15 is 0 Å². The second-order valence-corrected chi connectivity index (χ2v) is 9.97. The van der Waals surface area contributed by atoms with E-state index in [4.69, 9.17) is 32.9 Å². The number of halogens is 3. The van der Waals surface area contributed by atoms with E-state index in [9.17, 15) is 4.79 Å². The van der Waals surface area contributed by atoms with Crippen molar-refractivity contribution in [3.63, 3.8) is 0 Å². The Morgan fingerprint density at radius 2 is 1.71 bits per heavy atom. The van der Waals surface area contributed by atoms with Crippen LogP contribution >= 0.6 is 39.1 Å². The Kier molecular flexibility index (Phi) is 8.30. The lowest BCUT2D eigenvalue weighted by molar-refractivity contribution is 0.302. The van der Waals surface area contributed by atoms with Gasteiger partial charge in [-0.2, -0.15) is 0 Å². The maximum atomic E-state index is 13.3. The van der Waals surface area contributed by atoms with Gasteiger partial charge < -0.3 is 4.74 Å². The van der Waals surface area contributed by atoms with Gasteiger partial charge in [0.25, 0.3) is 5.56 Å². The van der Waals surface area contributed by atoms with Crippen LogP contribution in [0.1, 0.15) is 31.2 Å². The Balaban J connectivity index is 1.39. The molecule has 7 heteroatoms. The van der Waals surface area contributed by atoms with E-state index in [0.29, 0.717) is 40.2 Å². The van der Waals surface area contributed by atoms with Gasteiger partial charge in [-0.1, -0.05) is 76.2 Å². The minimum absolute atomic E-state index is 0.000271. The van der Waals surface area contributed by atoms with Crippen molar-refractivity contribution in [3.8, 4) is 17.1 Å². The Bertz CT molecular complexity index is 1330. The number of hydrogen-bond donors (Lipinski definition) is 0. The molecule has 4 nitrogen and oxygen atoms in total. The minimum Gasteiger partial charge on any atom is -0.492 e. The third-order valence-corrected chi connectivity index (χ3v) is 6.71. The number of fused-ring (bicyclic) bond motifs is 1. The Hall–Kier alpha value is -2.34. The number of hydrogen-bond acceptors (Lipinski definition) is 3. The van der Waals surface area contributed by atoms with Gasteiger partial charge in [0.1, 0.15) is 11.6 Å². The number of rotatable bonds is 9. The van der Waals surface area contributed by atoms with Gasteiger partial charge in [0, 0.05) is 21.6 Å². The van der Waals surface area contributed by atoms with Crippen molar-refractivity contribution in [2.75, 3.05) is 6.61 Å². The molecule has 34 heavy (non-hydrogen) atoms. The highest BCUT2D eigenvalue weighted by Gasteiger charge is 2.13. The molecule has 0 radical (unpaired) electrons. The van der Waals surface area contributed by atoms with Crippen LogP contribution in [-0.4, -0.2) is 16.2 Å². The number of unbranched alkanes of at least 4 members (excludes halogenated alkanes) is 3. The zero-order valence-corrected chi connectivity index (χ0v) is 22.0. The lowest BCUT2D eigenvalue weighted by atomic mass is 10.1. The second kappa shape index (κ2) is 11.4. The first-order chi connectivity index (χ1) is 16.4. The van der Waals surface area contributed by atoms with E-state index in [1.807, 2.05) is 61.5 Å². The first kappa shape index (κ1) is 24.8. The molecule has 4 aromatic rings. The maximum absolute atomic E-state index is 13.3. The number of nitrogens with zero attached hydrogens (tertiary/aromatic N) is 2. The maximum Gasteiger partial charge on any atom is 0.261 e. The topological polar surface area (TPSA) is 44.1 Å². The molecule has 1 aromatic heterocycles. The molecule has 0 N–H and O–H groups in total. The Labute approximate surface area is 217 Å². The van der Waals surface area contributed by atoms with Gasteiger partial charge in [-0.25, -0.2) is 4.98 Å². The van der Waals surface area contributed by atoms with Crippen LogP contribution in [0.2, 0.25) is 10.0 Å². The van der Waals surface area contributed by atoms with Crippen LogP contribution in [0.3, 0.4) is 0 Å². The summed E-state index contributed by atoms with van der Waals surface area (Å²) in [5.41, 5.74) is 2.57. The molecule has 0 saturated carbocycles. The van der Waals surface area contributed by atoms with Crippen LogP contribution in [0.15, 0.2) is 69.9 Å². The molecular weight excluding hydrogens is 535 g/mol. The second-order valence-electron chi connectivity index (χ2n) is 8.21. The van der Waals surface area contributed by atoms with Gasteiger partial charge >= 0.3 is 0 Å². The molecular formula is C27H25BrCl2N2O2. The van der Waals surface area contributed by atoms with Crippen LogP contribution in [0.5, 0.6) is 5.75 Å². The molecule has 0 fully saturated rings. The SMILES string of the molecule is Cc1cc(Cl)cc(Cl)c1OCCCCCCn1c(-c2ccc(Br)cc2)nc2ccccc2c1=O. The van der Waals surface area contributed by atoms with Gasteiger partial charge in [0.05, 0.1) is 22.5 Å². The molecule has 0 saturated heterocycles. The number of ether oxygens (including phenoxy) is 1. The summed E-state index contributed by atoms with van der Waals surface area (Å²) in [6, 6.07) is 19.0. The van der Waals surface area contributed by atoms with Crippen LogP contribution in [-0.2, 0) is 6.54 Å². The monoisotopic (exact) mass is 558 g/mol. The highest BCUT2D eigenvalue weighted by atomic mass is 79.9. The number of benzene rings is 3. The number of aromatic nitrogens is 2. The van der Waals surface area contributed by atoms with Crippen molar-refractivity contribution in [3.05, 3.63) is 91.1 Å². The molecule has 0 spiro atoms. The lowest BCUT2D eigenvalue weighted by Crippen LogP contribution is -2.23. The van der Waals surface area contributed by atoms with Gasteiger partial charge in [-0.15, -0.1) is 0 Å². The molecule has 3 aromatic carbocycles. The summed E-state index contributed by atoms with van der Waals surface area (Å²) in [4.78, 5) is 18.1. The number of aryl methyl sites for hydroxylation is 1. The first-order valence-corrected chi connectivity index (χ1v) is 12.8. The fourth-order valence-corrected chi connectivity index (χ4v) is 4.88. The summed E-state index contributed by atoms with van der Waals surface area (Å²) in [6.45, 7) is 3.14. The summed E-state index contributed by atoms with van der Waals surface area (Å²) in [6.07, 6.45) is 3.76. The van der Waals surface area contributed by atoms with Crippen molar-refractivity contribution in [2.24, 2.45) is 0 Å². The van der Waals surface area contributed by atoms with Crippen molar-refractivity contribution < 1.29 is 4.74 Å². The molecule has 0 amide bonds. The van der Waals surface area contributed by atoms with Crippen LogP contribution < -0.4 is 10.3 Å².